The Morgan fingerprint density at radius 1 is 1.11 bits per heavy atom. The number of rotatable bonds is 6. The van der Waals surface area contributed by atoms with Gasteiger partial charge in [0.1, 0.15) is 0 Å². The van der Waals surface area contributed by atoms with E-state index in [-0.39, 0.29) is 30.6 Å². The average Bonchev–Trinajstić information content (AvgIpc) is 2.68. The van der Waals surface area contributed by atoms with Crippen LogP contribution < -0.4 is 21.1 Å². The minimum Gasteiger partial charge on any atom is -0.322 e. The van der Waals surface area contributed by atoms with Crippen molar-refractivity contribution in [3.05, 3.63) is 59.7 Å². The standard InChI is InChI=1S/C20H22N4O3/c1-2-21-13-14-4-3-5-16(12-14)22-20(27)15-6-8-17(9-7-15)24-19(26)11-10-18(25)23-24/h3-9,12,21H,2,10-11,13H2,1H3,(H,22,27)(H,23,25). The summed E-state index contributed by atoms with van der Waals surface area (Å²) < 4.78 is 0. The topological polar surface area (TPSA) is 90.5 Å². The molecule has 1 saturated heterocycles. The third-order valence-corrected chi connectivity index (χ3v) is 4.20. The molecule has 1 aliphatic heterocycles. The predicted molar refractivity (Wildman–Crippen MR) is 103 cm³/mol. The summed E-state index contributed by atoms with van der Waals surface area (Å²) in [5.74, 6) is -0.616. The number of hydrazine groups is 1. The van der Waals surface area contributed by atoms with Crippen LogP contribution in [-0.4, -0.2) is 24.3 Å². The highest BCUT2D eigenvalue weighted by Gasteiger charge is 2.24. The van der Waals surface area contributed by atoms with Gasteiger partial charge in [-0.05, 0) is 48.5 Å². The van der Waals surface area contributed by atoms with Crippen molar-refractivity contribution in [3.63, 3.8) is 0 Å². The molecular weight excluding hydrogens is 344 g/mol. The van der Waals surface area contributed by atoms with Crippen molar-refractivity contribution in [1.29, 1.82) is 0 Å². The Labute approximate surface area is 157 Å². The summed E-state index contributed by atoms with van der Waals surface area (Å²) in [6.45, 7) is 3.66. The fraction of sp³-hybridized carbons (Fsp3) is 0.250. The molecule has 0 radical (unpaired) electrons. The maximum absolute atomic E-state index is 12.5. The molecule has 3 amide bonds. The molecule has 0 aromatic heterocycles. The molecule has 0 spiro atoms. The molecule has 2 aromatic rings. The number of benzene rings is 2. The van der Waals surface area contributed by atoms with E-state index in [1.165, 1.54) is 5.01 Å². The van der Waals surface area contributed by atoms with E-state index in [1.807, 2.05) is 31.2 Å². The van der Waals surface area contributed by atoms with Gasteiger partial charge in [0, 0.05) is 30.6 Å². The summed E-state index contributed by atoms with van der Waals surface area (Å²) in [6, 6.07) is 14.2. The summed E-state index contributed by atoms with van der Waals surface area (Å²) >= 11 is 0. The highest BCUT2D eigenvalue weighted by molar-refractivity contribution is 6.05. The van der Waals surface area contributed by atoms with Crippen LogP contribution in [0.15, 0.2) is 48.5 Å². The SMILES string of the molecule is CCNCc1cccc(NC(=O)c2ccc(N3NC(=O)CCC3=O)cc2)c1. The van der Waals surface area contributed by atoms with E-state index in [0.717, 1.165) is 24.3 Å². The molecule has 0 atom stereocenters. The van der Waals surface area contributed by atoms with Crippen molar-refractivity contribution >= 4 is 29.1 Å². The second kappa shape index (κ2) is 8.46. The Hall–Kier alpha value is -3.19. The molecule has 3 rings (SSSR count). The van der Waals surface area contributed by atoms with E-state index in [2.05, 4.69) is 16.1 Å². The van der Waals surface area contributed by atoms with Gasteiger partial charge in [0.15, 0.2) is 0 Å². The lowest BCUT2D eigenvalue weighted by molar-refractivity contribution is -0.130. The van der Waals surface area contributed by atoms with Gasteiger partial charge in [0.2, 0.25) is 11.8 Å². The molecule has 2 aromatic carbocycles. The monoisotopic (exact) mass is 366 g/mol. The summed E-state index contributed by atoms with van der Waals surface area (Å²) in [4.78, 5) is 35.9. The number of hydrogen-bond donors (Lipinski definition) is 3. The van der Waals surface area contributed by atoms with Crippen LogP contribution in [0.1, 0.15) is 35.7 Å². The van der Waals surface area contributed by atoms with Crippen molar-refractivity contribution in [2.75, 3.05) is 16.9 Å². The van der Waals surface area contributed by atoms with E-state index in [1.54, 1.807) is 24.3 Å². The zero-order valence-electron chi connectivity index (χ0n) is 15.1. The highest BCUT2D eigenvalue weighted by atomic mass is 16.2. The molecule has 1 heterocycles. The van der Waals surface area contributed by atoms with Crippen LogP contribution >= 0.6 is 0 Å². The summed E-state index contributed by atoms with van der Waals surface area (Å²) in [5, 5.41) is 7.34. The van der Waals surface area contributed by atoms with E-state index < -0.39 is 0 Å². The van der Waals surface area contributed by atoms with Crippen LogP contribution in [-0.2, 0) is 16.1 Å². The van der Waals surface area contributed by atoms with Gasteiger partial charge < -0.3 is 10.6 Å². The molecule has 7 heteroatoms. The summed E-state index contributed by atoms with van der Waals surface area (Å²) in [6.07, 6.45) is 0.375. The molecular formula is C20H22N4O3. The quantitative estimate of drug-likeness (QED) is 0.731. The molecule has 1 fully saturated rings. The smallest absolute Gasteiger partial charge is 0.255 e. The molecule has 0 bridgehead atoms. The Kier molecular flexibility index (Phi) is 5.83. The number of carbonyl (C=O) groups excluding carboxylic acids is 3. The lowest BCUT2D eigenvalue weighted by Gasteiger charge is -2.27. The predicted octanol–water partition coefficient (Wildman–Crippen LogP) is 2.21. The minimum atomic E-state index is -0.240. The Bertz CT molecular complexity index is 849. The molecule has 140 valence electrons. The maximum atomic E-state index is 12.5. The molecule has 7 nitrogen and oxygen atoms in total. The van der Waals surface area contributed by atoms with Crippen LogP contribution in [0.25, 0.3) is 0 Å². The number of nitrogens with zero attached hydrogens (tertiary/aromatic N) is 1. The second-order valence-electron chi connectivity index (χ2n) is 6.25. The van der Waals surface area contributed by atoms with Crippen molar-refractivity contribution < 1.29 is 14.4 Å². The third kappa shape index (κ3) is 4.71. The molecule has 3 N–H and O–H groups in total. The molecule has 0 saturated carbocycles. The summed E-state index contributed by atoms with van der Waals surface area (Å²) in [5.41, 5.74) is 5.33. The van der Waals surface area contributed by atoms with Gasteiger partial charge in [0.25, 0.3) is 5.91 Å². The van der Waals surface area contributed by atoms with Crippen molar-refractivity contribution in [1.82, 2.24) is 10.7 Å². The van der Waals surface area contributed by atoms with E-state index in [4.69, 9.17) is 0 Å². The van der Waals surface area contributed by atoms with Crippen LogP contribution in [0.3, 0.4) is 0 Å². The number of carbonyl (C=O) groups is 3. The number of hydrogen-bond acceptors (Lipinski definition) is 4. The zero-order chi connectivity index (χ0) is 19.2. The van der Waals surface area contributed by atoms with E-state index in [0.29, 0.717) is 11.3 Å². The number of anilines is 2. The highest BCUT2D eigenvalue weighted by Crippen LogP contribution is 2.19. The number of nitrogens with one attached hydrogen (secondary N) is 3. The summed E-state index contributed by atoms with van der Waals surface area (Å²) in [7, 11) is 0. The molecule has 1 aliphatic rings. The first kappa shape index (κ1) is 18.6. The Morgan fingerprint density at radius 2 is 1.89 bits per heavy atom. The van der Waals surface area contributed by atoms with Crippen LogP contribution in [0.5, 0.6) is 0 Å². The van der Waals surface area contributed by atoms with Crippen LogP contribution in [0.2, 0.25) is 0 Å². The Morgan fingerprint density at radius 3 is 2.63 bits per heavy atom. The van der Waals surface area contributed by atoms with Crippen LogP contribution in [0.4, 0.5) is 11.4 Å². The van der Waals surface area contributed by atoms with E-state index in [9.17, 15) is 14.4 Å². The average molecular weight is 366 g/mol. The fourth-order valence-electron chi connectivity index (χ4n) is 2.78. The van der Waals surface area contributed by atoms with Crippen molar-refractivity contribution in [2.24, 2.45) is 0 Å². The van der Waals surface area contributed by atoms with Gasteiger partial charge in [-0.25, -0.2) is 5.01 Å². The largest absolute Gasteiger partial charge is 0.322 e. The van der Waals surface area contributed by atoms with Gasteiger partial charge in [-0.3, -0.25) is 19.8 Å². The van der Waals surface area contributed by atoms with Gasteiger partial charge in [-0.1, -0.05) is 19.1 Å². The lowest BCUT2D eigenvalue weighted by atomic mass is 10.1. The van der Waals surface area contributed by atoms with Crippen LogP contribution in [0, 0.1) is 0 Å². The lowest BCUT2D eigenvalue weighted by Crippen LogP contribution is -2.50. The van der Waals surface area contributed by atoms with Gasteiger partial charge >= 0.3 is 0 Å². The minimum absolute atomic E-state index is 0.177. The van der Waals surface area contributed by atoms with Gasteiger partial charge in [-0.15, -0.1) is 0 Å². The molecule has 0 unspecified atom stereocenters. The van der Waals surface area contributed by atoms with E-state index >= 15 is 0 Å². The third-order valence-electron chi connectivity index (χ3n) is 4.20. The van der Waals surface area contributed by atoms with Gasteiger partial charge in [-0.2, -0.15) is 0 Å². The van der Waals surface area contributed by atoms with Crippen molar-refractivity contribution in [2.45, 2.75) is 26.3 Å². The Balaban J connectivity index is 1.67. The number of amides is 3. The second-order valence-corrected chi connectivity index (χ2v) is 6.25. The first-order valence-corrected chi connectivity index (χ1v) is 8.90. The maximum Gasteiger partial charge on any atom is 0.255 e. The molecule has 27 heavy (non-hydrogen) atoms. The molecule has 0 aliphatic carbocycles. The zero-order valence-corrected chi connectivity index (χ0v) is 15.1. The van der Waals surface area contributed by atoms with Gasteiger partial charge in [0.05, 0.1) is 5.69 Å². The first-order chi connectivity index (χ1) is 13.1. The van der Waals surface area contributed by atoms with Crippen molar-refractivity contribution in [3.8, 4) is 0 Å². The fourth-order valence-corrected chi connectivity index (χ4v) is 2.78. The first-order valence-electron chi connectivity index (χ1n) is 8.90. The normalized spacial score (nSPS) is 14.0.